The van der Waals surface area contributed by atoms with Gasteiger partial charge >= 0.3 is 0 Å². The smallest absolute Gasteiger partial charge is 0.0140 e. The van der Waals surface area contributed by atoms with Crippen molar-refractivity contribution in [1.29, 1.82) is 0 Å². The van der Waals surface area contributed by atoms with E-state index in [4.69, 9.17) is 0 Å². The lowest BCUT2D eigenvalue weighted by Crippen LogP contribution is -2.33. The van der Waals surface area contributed by atoms with Crippen molar-refractivity contribution in [2.24, 2.45) is 34.5 Å². The lowest BCUT2D eigenvalue weighted by molar-refractivity contribution is 0.155. The summed E-state index contributed by atoms with van der Waals surface area (Å²) in [5, 5.41) is 0. The quantitative estimate of drug-likeness (QED) is 0.382. The average Bonchev–Trinajstić information content (AvgIpc) is 3.03. The summed E-state index contributed by atoms with van der Waals surface area (Å²) >= 11 is 0. The van der Waals surface area contributed by atoms with Crippen LogP contribution in [0, 0.1) is 34.5 Å². The van der Waals surface area contributed by atoms with Gasteiger partial charge in [-0.1, -0.05) is 82.9 Å². The Balaban J connectivity index is 1.70. The van der Waals surface area contributed by atoms with Crippen LogP contribution < -0.4 is 0 Å². The third-order valence-electron chi connectivity index (χ3n) is 9.32. The standard InChI is InChI=1S/C30H50/c1-8-29(5,6)17-9-11-24(4)27-15-16-28-26(12-10-18-30(27,28)7)14-13-25-20-22(2)19-23(3)21-25/h11,13-14,22-23,27-28H,8-10,12,15-21H2,1-7H3. The molecule has 0 radical (unpaired) electrons. The lowest BCUT2D eigenvalue weighted by Gasteiger charge is -2.43. The molecule has 30 heavy (non-hydrogen) atoms. The number of allylic oxidation sites excluding steroid dienone is 6. The van der Waals surface area contributed by atoms with E-state index in [2.05, 4.69) is 66.7 Å². The van der Waals surface area contributed by atoms with Crippen LogP contribution in [0.15, 0.2) is 34.9 Å². The molecule has 0 nitrogen and oxygen atoms in total. The Morgan fingerprint density at radius 1 is 1.10 bits per heavy atom. The molecule has 0 amide bonds. The molecular formula is C30H50. The Morgan fingerprint density at radius 3 is 2.47 bits per heavy atom. The highest BCUT2D eigenvalue weighted by atomic mass is 14.5. The summed E-state index contributed by atoms with van der Waals surface area (Å²) in [5.74, 6) is 3.37. The van der Waals surface area contributed by atoms with Gasteiger partial charge in [0.15, 0.2) is 0 Å². The molecule has 3 aliphatic rings. The second-order valence-corrected chi connectivity index (χ2v) is 12.5. The number of rotatable bonds is 6. The van der Waals surface area contributed by atoms with Gasteiger partial charge in [-0.25, -0.2) is 0 Å². The van der Waals surface area contributed by atoms with E-state index >= 15 is 0 Å². The summed E-state index contributed by atoms with van der Waals surface area (Å²) in [6.07, 6.45) is 22.7. The highest BCUT2D eigenvalue weighted by Gasteiger charge is 2.49. The van der Waals surface area contributed by atoms with Crippen molar-refractivity contribution < 1.29 is 0 Å². The predicted octanol–water partition coefficient (Wildman–Crippen LogP) is 9.67. The molecule has 5 atom stereocenters. The van der Waals surface area contributed by atoms with Crippen molar-refractivity contribution in [1.82, 2.24) is 0 Å². The summed E-state index contributed by atoms with van der Waals surface area (Å²) in [4.78, 5) is 0. The van der Waals surface area contributed by atoms with Gasteiger partial charge in [0.25, 0.3) is 0 Å². The van der Waals surface area contributed by atoms with Crippen LogP contribution in [-0.4, -0.2) is 0 Å². The van der Waals surface area contributed by atoms with E-state index in [0.717, 1.165) is 23.7 Å². The first-order chi connectivity index (χ1) is 14.1. The maximum Gasteiger partial charge on any atom is -0.0140 e. The Labute approximate surface area is 188 Å². The zero-order chi connectivity index (χ0) is 21.9. The van der Waals surface area contributed by atoms with Gasteiger partial charge in [0.05, 0.1) is 0 Å². The zero-order valence-electron chi connectivity index (χ0n) is 21.3. The van der Waals surface area contributed by atoms with E-state index < -0.39 is 0 Å². The van der Waals surface area contributed by atoms with Crippen LogP contribution in [0.2, 0.25) is 0 Å². The second-order valence-electron chi connectivity index (χ2n) is 12.5. The molecule has 0 saturated heterocycles. The Morgan fingerprint density at radius 2 is 1.80 bits per heavy atom. The van der Waals surface area contributed by atoms with Gasteiger partial charge in [-0.2, -0.15) is 0 Å². The minimum absolute atomic E-state index is 0.487. The van der Waals surface area contributed by atoms with Crippen LogP contribution in [0.3, 0.4) is 0 Å². The topological polar surface area (TPSA) is 0 Å². The van der Waals surface area contributed by atoms with E-state index in [1.165, 1.54) is 70.6 Å². The molecule has 0 N–H and O–H groups in total. The number of hydrogen-bond donors (Lipinski definition) is 0. The molecule has 5 unspecified atom stereocenters. The van der Waals surface area contributed by atoms with Crippen molar-refractivity contribution in [2.75, 3.05) is 0 Å². The molecule has 0 bridgehead atoms. The molecule has 3 aliphatic carbocycles. The first-order valence-corrected chi connectivity index (χ1v) is 13.2. The van der Waals surface area contributed by atoms with Crippen molar-refractivity contribution in [3.8, 4) is 0 Å². The summed E-state index contributed by atoms with van der Waals surface area (Å²) in [6.45, 7) is 17.1. The lowest BCUT2D eigenvalue weighted by atomic mass is 9.62. The molecule has 0 heterocycles. The molecule has 0 aromatic heterocycles. The molecule has 0 aromatic rings. The summed E-state index contributed by atoms with van der Waals surface area (Å²) in [5.41, 5.74) is 6.17. The van der Waals surface area contributed by atoms with E-state index in [1.54, 1.807) is 16.7 Å². The SMILES string of the molecule is CCC(C)(C)CCC=C(C)C1CCC2C(=CC=C3CC(C)CC(C)C3)CCCC12C. The second kappa shape index (κ2) is 9.79. The van der Waals surface area contributed by atoms with E-state index in [1.807, 2.05) is 0 Å². The van der Waals surface area contributed by atoms with Crippen LogP contribution in [0.4, 0.5) is 0 Å². The first kappa shape index (κ1) is 23.9. The third-order valence-corrected chi connectivity index (χ3v) is 9.32. The first-order valence-electron chi connectivity index (χ1n) is 13.2. The van der Waals surface area contributed by atoms with E-state index in [9.17, 15) is 0 Å². The van der Waals surface area contributed by atoms with Gasteiger partial charge in [-0.15, -0.1) is 0 Å². The molecule has 170 valence electrons. The highest BCUT2D eigenvalue weighted by Crippen LogP contribution is 2.59. The molecule has 3 rings (SSSR count). The minimum atomic E-state index is 0.487. The summed E-state index contributed by atoms with van der Waals surface area (Å²) in [6, 6.07) is 0. The van der Waals surface area contributed by atoms with Crippen LogP contribution in [0.5, 0.6) is 0 Å². The fourth-order valence-electron chi connectivity index (χ4n) is 7.19. The maximum absolute atomic E-state index is 2.63. The third kappa shape index (κ3) is 5.52. The molecule has 0 heteroatoms. The van der Waals surface area contributed by atoms with Gasteiger partial charge in [-0.3, -0.25) is 0 Å². The zero-order valence-corrected chi connectivity index (χ0v) is 21.3. The van der Waals surface area contributed by atoms with Crippen molar-refractivity contribution in [3.63, 3.8) is 0 Å². The minimum Gasteiger partial charge on any atom is -0.0853 e. The number of hydrogen-bond acceptors (Lipinski definition) is 0. The van der Waals surface area contributed by atoms with Crippen LogP contribution in [-0.2, 0) is 0 Å². The van der Waals surface area contributed by atoms with Gasteiger partial charge in [0.1, 0.15) is 0 Å². The van der Waals surface area contributed by atoms with Gasteiger partial charge < -0.3 is 0 Å². The molecule has 0 aliphatic heterocycles. The maximum atomic E-state index is 2.63. The summed E-state index contributed by atoms with van der Waals surface area (Å²) < 4.78 is 0. The summed E-state index contributed by atoms with van der Waals surface area (Å²) in [7, 11) is 0. The molecular weight excluding hydrogens is 360 g/mol. The molecule has 0 aromatic carbocycles. The van der Waals surface area contributed by atoms with Gasteiger partial charge in [0, 0.05) is 0 Å². The van der Waals surface area contributed by atoms with Crippen LogP contribution in [0.1, 0.15) is 119 Å². The predicted molar refractivity (Wildman–Crippen MR) is 134 cm³/mol. The van der Waals surface area contributed by atoms with Crippen LogP contribution >= 0.6 is 0 Å². The van der Waals surface area contributed by atoms with Crippen molar-refractivity contribution in [3.05, 3.63) is 34.9 Å². The average molecular weight is 411 g/mol. The molecule has 3 saturated carbocycles. The largest absolute Gasteiger partial charge is 0.0853 e. The van der Waals surface area contributed by atoms with E-state index in [-0.39, 0.29) is 0 Å². The highest BCUT2D eigenvalue weighted by molar-refractivity contribution is 5.28. The Bertz CT molecular complexity index is 660. The van der Waals surface area contributed by atoms with Crippen LogP contribution in [0.25, 0.3) is 0 Å². The fraction of sp³-hybridized carbons (Fsp3) is 0.800. The molecule has 0 spiro atoms. The molecule has 3 fully saturated rings. The monoisotopic (exact) mass is 410 g/mol. The van der Waals surface area contributed by atoms with Crippen molar-refractivity contribution >= 4 is 0 Å². The number of fused-ring (bicyclic) bond motifs is 1. The van der Waals surface area contributed by atoms with E-state index in [0.29, 0.717) is 10.8 Å². The fourth-order valence-corrected chi connectivity index (χ4v) is 7.19. The van der Waals surface area contributed by atoms with Gasteiger partial charge in [0.2, 0.25) is 0 Å². The normalized spacial score (nSPS) is 36.8. The Kier molecular flexibility index (Phi) is 7.79. The Hall–Kier alpha value is -0.780. The van der Waals surface area contributed by atoms with Gasteiger partial charge in [-0.05, 0) is 106 Å². The van der Waals surface area contributed by atoms with Crippen molar-refractivity contribution in [2.45, 2.75) is 119 Å².